The maximum atomic E-state index is 10.1. The van der Waals surface area contributed by atoms with Crippen molar-refractivity contribution in [3.05, 3.63) is 12.2 Å². The summed E-state index contributed by atoms with van der Waals surface area (Å²) < 4.78 is 2.08. The molecule has 1 aliphatic rings. The third kappa shape index (κ3) is 3.29. The van der Waals surface area contributed by atoms with Gasteiger partial charge in [-0.2, -0.15) is 0 Å². The van der Waals surface area contributed by atoms with E-state index >= 15 is 0 Å². The summed E-state index contributed by atoms with van der Waals surface area (Å²) in [4.78, 5) is 2.44. The number of piperidine rings is 1. The summed E-state index contributed by atoms with van der Waals surface area (Å²) >= 11 is 0. The van der Waals surface area contributed by atoms with Gasteiger partial charge in [0.25, 0.3) is 0 Å². The van der Waals surface area contributed by atoms with E-state index < -0.39 is 5.60 Å². The molecule has 18 heavy (non-hydrogen) atoms. The molecule has 0 radical (unpaired) electrons. The van der Waals surface area contributed by atoms with Crippen LogP contribution in [0.3, 0.4) is 0 Å². The van der Waals surface area contributed by atoms with Gasteiger partial charge >= 0.3 is 0 Å². The first-order valence-electron chi connectivity index (χ1n) is 6.76. The van der Waals surface area contributed by atoms with Gasteiger partial charge in [0.2, 0.25) is 0 Å². The minimum Gasteiger partial charge on any atom is -0.390 e. The lowest BCUT2D eigenvalue weighted by Crippen LogP contribution is -2.45. The smallest absolute Gasteiger partial charge is 0.129 e. The number of aliphatic hydroxyl groups is 1. The van der Waals surface area contributed by atoms with E-state index in [9.17, 15) is 5.11 Å². The van der Waals surface area contributed by atoms with Crippen molar-refractivity contribution in [2.24, 2.45) is 5.92 Å². The number of hydrogen-bond donors (Lipinski definition) is 1. The molecule has 1 aromatic heterocycles. The highest BCUT2D eigenvalue weighted by Crippen LogP contribution is 2.26. The number of rotatable bonds is 4. The zero-order valence-corrected chi connectivity index (χ0v) is 11.6. The van der Waals surface area contributed by atoms with Gasteiger partial charge in [-0.05, 0) is 46.1 Å². The summed E-state index contributed by atoms with van der Waals surface area (Å²) in [7, 11) is 0. The Morgan fingerprint density at radius 2 is 2.22 bits per heavy atom. The van der Waals surface area contributed by atoms with E-state index in [2.05, 4.69) is 19.7 Å². The first-order chi connectivity index (χ1) is 8.47. The van der Waals surface area contributed by atoms with Gasteiger partial charge in [0.05, 0.1) is 5.60 Å². The fourth-order valence-corrected chi connectivity index (χ4v) is 2.62. The second kappa shape index (κ2) is 5.36. The Morgan fingerprint density at radius 1 is 1.44 bits per heavy atom. The van der Waals surface area contributed by atoms with Crippen LogP contribution < -0.4 is 0 Å². The van der Waals surface area contributed by atoms with Crippen LogP contribution in [-0.2, 0) is 6.54 Å². The zero-order valence-electron chi connectivity index (χ0n) is 11.6. The van der Waals surface area contributed by atoms with Crippen LogP contribution in [0.4, 0.5) is 0 Å². The van der Waals surface area contributed by atoms with Crippen molar-refractivity contribution in [2.75, 3.05) is 19.6 Å². The highest BCUT2D eigenvalue weighted by atomic mass is 16.3. The Morgan fingerprint density at radius 3 is 2.83 bits per heavy atom. The molecule has 1 N–H and O–H groups in total. The predicted octanol–water partition coefficient (Wildman–Crippen LogP) is 1.07. The summed E-state index contributed by atoms with van der Waals surface area (Å²) in [5.74, 6) is 1.35. The second-order valence-corrected chi connectivity index (χ2v) is 5.86. The third-order valence-corrected chi connectivity index (χ3v) is 3.97. The molecule has 0 bridgehead atoms. The summed E-state index contributed by atoms with van der Waals surface area (Å²) in [5.41, 5.74) is -0.564. The normalized spacial score (nSPS) is 22.3. The summed E-state index contributed by atoms with van der Waals surface area (Å²) in [6, 6.07) is 0. The number of aromatic nitrogens is 3. The lowest BCUT2D eigenvalue weighted by atomic mass is 9.84. The molecule has 1 unspecified atom stereocenters. The van der Waals surface area contributed by atoms with Crippen LogP contribution in [0.15, 0.2) is 6.33 Å². The molecule has 1 aromatic rings. The topological polar surface area (TPSA) is 54.2 Å². The SMILES string of the molecule is Cc1nncn1CCN1CCCC(C(C)(C)O)C1. The number of hydrogen-bond acceptors (Lipinski definition) is 4. The maximum Gasteiger partial charge on any atom is 0.129 e. The third-order valence-electron chi connectivity index (χ3n) is 3.97. The van der Waals surface area contributed by atoms with E-state index in [1.54, 1.807) is 6.33 Å². The molecule has 102 valence electrons. The first-order valence-corrected chi connectivity index (χ1v) is 6.76. The van der Waals surface area contributed by atoms with Crippen molar-refractivity contribution in [2.45, 2.75) is 45.8 Å². The quantitative estimate of drug-likeness (QED) is 0.871. The van der Waals surface area contributed by atoms with Gasteiger partial charge in [-0.15, -0.1) is 10.2 Å². The van der Waals surface area contributed by atoms with Crippen LogP contribution in [0.25, 0.3) is 0 Å². The molecule has 5 nitrogen and oxygen atoms in total. The Bertz CT molecular complexity index is 383. The van der Waals surface area contributed by atoms with Crippen LogP contribution >= 0.6 is 0 Å². The van der Waals surface area contributed by atoms with Crippen LogP contribution in [-0.4, -0.2) is 50.0 Å². The Balaban J connectivity index is 1.85. The molecule has 0 aromatic carbocycles. The molecule has 1 aliphatic heterocycles. The highest BCUT2D eigenvalue weighted by molar-refractivity contribution is 4.85. The summed E-state index contributed by atoms with van der Waals surface area (Å²) in [6.45, 7) is 9.88. The van der Waals surface area contributed by atoms with E-state index in [1.165, 1.54) is 6.42 Å². The molecule has 0 aliphatic carbocycles. The largest absolute Gasteiger partial charge is 0.390 e. The lowest BCUT2D eigenvalue weighted by Gasteiger charge is -2.38. The standard InChI is InChI=1S/C13H24N4O/c1-11-15-14-10-17(11)8-7-16-6-4-5-12(9-16)13(2,3)18/h10,12,18H,4-9H2,1-3H3. The lowest BCUT2D eigenvalue weighted by molar-refractivity contribution is -0.0187. The Labute approximate surface area is 109 Å². The number of nitrogens with zero attached hydrogens (tertiary/aromatic N) is 4. The zero-order chi connectivity index (χ0) is 13.2. The first kappa shape index (κ1) is 13.5. The predicted molar refractivity (Wildman–Crippen MR) is 70.2 cm³/mol. The van der Waals surface area contributed by atoms with Gasteiger partial charge in [0.15, 0.2) is 0 Å². The summed E-state index contributed by atoms with van der Waals surface area (Å²) in [6.07, 6.45) is 4.09. The fraction of sp³-hybridized carbons (Fsp3) is 0.846. The maximum absolute atomic E-state index is 10.1. The molecule has 0 spiro atoms. The molecule has 1 atom stereocenters. The molecular weight excluding hydrogens is 228 g/mol. The molecule has 5 heteroatoms. The molecule has 0 saturated carbocycles. The van der Waals surface area contributed by atoms with Crippen LogP contribution in [0, 0.1) is 12.8 Å². The van der Waals surface area contributed by atoms with E-state index in [1.807, 2.05) is 20.8 Å². The van der Waals surface area contributed by atoms with Crippen molar-refractivity contribution in [3.8, 4) is 0 Å². The monoisotopic (exact) mass is 252 g/mol. The molecule has 1 saturated heterocycles. The molecule has 1 fully saturated rings. The van der Waals surface area contributed by atoms with Gasteiger partial charge in [0.1, 0.15) is 12.2 Å². The Kier molecular flexibility index (Phi) is 4.02. The minimum atomic E-state index is -0.564. The molecule has 2 rings (SSSR count). The molecule has 2 heterocycles. The van der Waals surface area contributed by atoms with Gasteiger partial charge in [-0.3, -0.25) is 0 Å². The highest BCUT2D eigenvalue weighted by Gasteiger charge is 2.30. The number of aryl methyl sites for hydroxylation is 1. The molecular formula is C13H24N4O. The average Bonchev–Trinajstić information content (AvgIpc) is 2.72. The van der Waals surface area contributed by atoms with Gasteiger partial charge in [0, 0.05) is 19.6 Å². The van der Waals surface area contributed by atoms with E-state index in [4.69, 9.17) is 0 Å². The van der Waals surface area contributed by atoms with Gasteiger partial charge in [-0.25, -0.2) is 0 Å². The second-order valence-electron chi connectivity index (χ2n) is 5.86. The average molecular weight is 252 g/mol. The van der Waals surface area contributed by atoms with Crippen molar-refractivity contribution < 1.29 is 5.11 Å². The van der Waals surface area contributed by atoms with E-state index in [0.29, 0.717) is 5.92 Å². The molecule has 0 amide bonds. The van der Waals surface area contributed by atoms with Gasteiger partial charge < -0.3 is 14.6 Å². The number of likely N-dealkylation sites (tertiary alicyclic amines) is 1. The summed E-state index contributed by atoms with van der Waals surface area (Å²) in [5, 5.41) is 18.0. The van der Waals surface area contributed by atoms with E-state index in [0.717, 1.165) is 38.4 Å². The van der Waals surface area contributed by atoms with E-state index in [-0.39, 0.29) is 0 Å². The van der Waals surface area contributed by atoms with Crippen molar-refractivity contribution >= 4 is 0 Å². The fourth-order valence-electron chi connectivity index (χ4n) is 2.62. The van der Waals surface area contributed by atoms with Crippen molar-refractivity contribution in [1.82, 2.24) is 19.7 Å². The van der Waals surface area contributed by atoms with Crippen molar-refractivity contribution in [3.63, 3.8) is 0 Å². The van der Waals surface area contributed by atoms with Crippen LogP contribution in [0.5, 0.6) is 0 Å². The van der Waals surface area contributed by atoms with Gasteiger partial charge in [-0.1, -0.05) is 0 Å². The van der Waals surface area contributed by atoms with Crippen LogP contribution in [0.2, 0.25) is 0 Å². The Hall–Kier alpha value is -0.940. The van der Waals surface area contributed by atoms with Crippen LogP contribution in [0.1, 0.15) is 32.5 Å². The minimum absolute atomic E-state index is 0.383. The van der Waals surface area contributed by atoms with Crippen molar-refractivity contribution in [1.29, 1.82) is 0 Å².